The second-order valence-electron chi connectivity index (χ2n) is 4.38. The van der Waals surface area contributed by atoms with E-state index in [4.69, 9.17) is 0 Å². The van der Waals surface area contributed by atoms with Gasteiger partial charge in [-0.15, -0.1) is 11.8 Å². The first kappa shape index (κ1) is 11.1. The normalized spacial score (nSPS) is 19.9. The van der Waals surface area contributed by atoms with Crippen LogP contribution in [-0.4, -0.2) is 5.25 Å². The molecule has 0 N–H and O–H groups in total. The predicted molar refractivity (Wildman–Crippen MR) is 68.6 cm³/mol. The van der Waals surface area contributed by atoms with Gasteiger partial charge in [0.05, 0.1) is 0 Å². The minimum Gasteiger partial charge on any atom is -0.122 e. The standard InChI is InChI=1S/C14H20S/c1-2-3-4-8-13-11-10-12-7-5-6-9-14(12)15-13/h5-7,9,13H,2-4,8,10-11H2,1H3. The summed E-state index contributed by atoms with van der Waals surface area (Å²) in [7, 11) is 0. The summed E-state index contributed by atoms with van der Waals surface area (Å²) < 4.78 is 0. The van der Waals surface area contributed by atoms with Crippen LogP contribution in [0.3, 0.4) is 0 Å². The Kier molecular flexibility index (Phi) is 4.13. The third kappa shape index (κ3) is 3.01. The molecule has 1 aromatic carbocycles. The minimum atomic E-state index is 0.881. The molecule has 0 aliphatic carbocycles. The van der Waals surface area contributed by atoms with Gasteiger partial charge in [0.1, 0.15) is 0 Å². The summed E-state index contributed by atoms with van der Waals surface area (Å²) in [6.07, 6.45) is 8.24. The van der Waals surface area contributed by atoms with Gasteiger partial charge in [-0.05, 0) is 30.9 Å². The number of hydrogen-bond donors (Lipinski definition) is 0. The highest BCUT2D eigenvalue weighted by atomic mass is 32.2. The second kappa shape index (κ2) is 5.60. The lowest BCUT2D eigenvalue weighted by atomic mass is 10.0. The Morgan fingerprint density at radius 1 is 1.27 bits per heavy atom. The molecule has 0 nitrogen and oxygen atoms in total. The monoisotopic (exact) mass is 220 g/mol. The van der Waals surface area contributed by atoms with Crippen molar-refractivity contribution in [2.75, 3.05) is 0 Å². The quantitative estimate of drug-likeness (QED) is 0.664. The number of aryl methyl sites for hydroxylation is 1. The van der Waals surface area contributed by atoms with E-state index >= 15 is 0 Å². The molecule has 1 heteroatoms. The van der Waals surface area contributed by atoms with Crippen LogP contribution in [0.15, 0.2) is 29.2 Å². The van der Waals surface area contributed by atoms with E-state index in [9.17, 15) is 0 Å². The molecular weight excluding hydrogens is 200 g/mol. The van der Waals surface area contributed by atoms with Gasteiger partial charge < -0.3 is 0 Å². The van der Waals surface area contributed by atoms with Crippen LogP contribution < -0.4 is 0 Å². The van der Waals surface area contributed by atoms with Crippen molar-refractivity contribution in [2.24, 2.45) is 0 Å². The molecule has 1 atom stereocenters. The smallest absolute Gasteiger partial charge is 0.0107 e. The lowest BCUT2D eigenvalue weighted by molar-refractivity contribution is 0.611. The molecule has 0 amide bonds. The molecule has 0 aromatic heterocycles. The van der Waals surface area contributed by atoms with Crippen LogP contribution in [0.1, 0.15) is 44.6 Å². The van der Waals surface area contributed by atoms with Gasteiger partial charge in [0.25, 0.3) is 0 Å². The van der Waals surface area contributed by atoms with Crippen molar-refractivity contribution in [1.29, 1.82) is 0 Å². The van der Waals surface area contributed by atoms with Gasteiger partial charge in [-0.1, -0.05) is 44.4 Å². The Morgan fingerprint density at radius 3 is 3.00 bits per heavy atom. The van der Waals surface area contributed by atoms with Crippen LogP contribution >= 0.6 is 11.8 Å². The molecule has 2 rings (SSSR count). The molecule has 1 unspecified atom stereocenters. The molecule has 0 bridgehead atoms. The highest BCUT2D eigenvalue weighted by molar-refractivity contribution is 8.00. The number of rotatable bonds is 4. The maximum atomic E-state index is 2.28. The third-order valence-electron chi connectivity index (χ3n) is 3.13. The van der Waals surface area contributed by atoms with Gasteiger partial charge in [-0.2, -0.15) is 0 Å². The van der Waals surface area contributed by atoms with E-state index in [1.54, 1.807) is 5.56 Å². The van der Waals surface area contributed by atoms with E-state index in [0.29, 0.717) is 0 Å². The molecule has 1 aromatic rings. The SMILES string of the molecule is CCCCCC1CCc2ccccc2S1. The molecule has 0 saturated carbocycles. The minimum absolute atomic E-state index is 0.881. The molecule has 1 aliphatic heterocycles. The van der Waals surface area contributed by atoms with E-state index in [2.05, 4.69) is 43.0 Å². The van der Waals surface area contributed by atoms with Gasteiger partial charge in [0, 0.05) is 10.1 Å². The number of benzene rings is 1. The highest BCUT2D eigenvalue weighted by Gasteiger charge is 2.17. The lowest BCUT2D eigenvalue weighted by Gasteiger charge is -2.23. The van der Waals surface area contributed by atoms with Crippen molar-refractivity contribution in [1.82, 2.24) is 0 Å². The molecule has 15 heavy (non-hydrogen) atoms. The van der Waals surface area contributed by atoms with Crippen molar-refractivity contribution in [2.45, 2.75) is 55.6 Å². The Labute approximate surface area is 97.5 Å². The molecule has 0 radical (unpaired) electrons. The molecular formula is C14H20S. The largest absolute Gasteiger partial charge is 0.122 e. The molecule has 1 heterocycles. The van der Waals surface area contributed by atoms with Crippen molar-refractivity contribution in [3.8, 4) is 0 Å². The Bertz CT molecular complexity index is 306. The molecule has 82 valence electrons. The third-order valence-corrected chi connectivity index (χ3v) is 4.59. The number of unbranched alkanes of at least 4 members (excludes halogenated alkanes) is 2. The van der Waals surface area contributed by atoms with Crippen molar-refractivity contribution < 1.29 is 0 Å². The average molecular weight is 220 g/mol. The predicted octanol–water partition coefficient (Wildman–Crippen LogP) is 4.67. The van der Waals surface area contributed by atoms with Crippen LogP contribution in [0.25, 0.3) is 0 Å². The van der Waals surface area contributed by atoms with Crippen LogP contribution in [0, 0.1) is 0 Å². The van der Waals surface area contributed by atoms with Crippen LogP contribution in [-0.2, 0) is 6.42 Å². The van der Waals surface area contributed by atoms with E-state index in [1.165, 1.54) is 43.4 Å². The summed E-state index contributed by atoms with van der Waals surface area (Å²) in [6.45, 7) is 2.28. The van der Waals surface area contributed by atoms with Crippen molar-refractivity contribution in [3.63, 3.8) is 0 Å². The Balaban J connectivity index is 1.88. The highest BCUT2D eigenvalue weighted by Crippen LogP contribution is 2.37. The van der Waals surface area contributed by atoms with E-state index in [-0.39, 0.29) is 0 Å². The maximum Gasteiger partial charge on any atom is 0.0107 e. The van der Waals surface area contributed by atoms with Gasteiger partial charge >= 0.3 is 0 Å². The Morgan fingerprint density at radius 2 is 2.13 bits per heavy atom. The number of fused-ring (bicyclic) bond motifs is 1. The second-order valence-corrected chi connectivity index (χ2v) is 5.72. The Hall–Kier alpha value is -0.430. The summed E-state index contributed by atoms with van der Waals surface area (Å²) >= 11 is 2.11. The fourth-order valence-electron chi connectivity index (χ4n) is 2.21. The molecule has 0 saturated heterocycles. The molecule has 1 aliphatic rings. The van der Waals surface area contributed by atoms with Crippen LogP contribution in [0.2, 0.25) is 0 Å². The van der Waals surface area contributed by atoms with Crippen molar-refractivity contribution in [3.05, 3.63) is 29.8 Å². The molecule has 0 spiro atoms. The summed E-state index contributed by atoms with van der Waals surface area (Å²) in [5, 5.41) is 0.881. The van der Waals surface area contributed by atoms with Crippen LogP contribution in [0.4, 0.5) is 0 Å². The lowest BCUT2D eigenvalue weighted by Crippen LogP contribution is -2.10. The van der Waals surface area contributed by atoms with E-state index < -0.39 is 0 Å². The van der Waals surface area contributed by atoms with Gasteiger partial charge in [0.15, 0.2) is 0 Å². The van der Waals surface area contributed by atoms with Gasteiger partial charge in [-0.25, -0.2) is 0 Å². The molecule has 0 fully saturated rings. The van der Waals surface area contributed by atoms with E-state index in [0.717, 1.165) is 5.25 Å². The first-order valence-electron chi connectivity index (χ1n) is 6.14. The fourth-order valence-corrected chi connectivity index (χ4v) is 3.56. The first-order valence-corrected chi connectivity index (χ1v) is 7.02. The summed E-state index contributed by atoms with van der Waals surface area (Å²) in [5.74, 6) is 0. The first-order chi connectivity index (χ1) is 7.40. The summed E-state index contributed by atoms with van der Waals surface area (Å²) in [4.78, 5) is 1.53. The maximum absolute atomic E-state index is 2.28. The zero-order valence-electron chi connectivity index (χ0n) is 9.54. The average Bonchev–Trinajstić information content (AvgIpc) is 2.29. The van der Waals surface area contributed by atoms with E-state index in [1.807, 2.05) is 0 Å². The fraction of sp³-hybridized carbons (Fsp3) is 0.571. The summed E-state index contributed by atoms with van der Waals surface area (Å²) in [5.41, 5.74) is 1.56. The summed E-state index contributed by atoms with van der Waals surface area (Å²) in [6, 6.07) is 8.90. The van der Waals surface area contributed by atoms with Gasteiger partial charge in [-0.3, -0.25) is 0 Å². The zero-order valence-corrected chi connectivity index (χ0v) is 10.4. The zero-order chi connectivity index (χ0) is 10.5. The van der Waals surface area contributed by atoms with Gasteiger partial charge in [0.2, 0.25) is 0 Å². The number of hydrogen-bond acceptors (Lipinski definition) is 1. The number of thioether (sulfide) groups is 1. The topological polar surface area (TPSA) is 0 Å². The van der Waals surface area contributed by atoms with Crippen molar-refractivity contribution >= 4 is 11.8 Å². The van der Waals surface area contributed by atoms with Crippen LogP contribution in [0.5, 0.6) is 0 Å².